The van der Waals surface area contributed by atoms with Gasteiger partial charge in [-0.05, 0) is 37.5 Å². The van der Waals surface area contributed by atoms with E-state index in [4.69, 9.17) is 0 Å². The van der Waals surface area contributed by atoms with E-state index in [9.17, 15) is 9.90 Å². The smallest absolute Gasteiger partial charge is 0.305 e. The normalized spacial score (nSPS) is 21.9. The second kappa shape index (κ2) is 4.63. The number of hydrogen-bond donors (Lipinski definition) is 3. The number of carbonyl (C=O) groups is 1. The Kier molecular flexibility index (Phi) is 3.05. The number of carboxylic acids is 1. The van der Waals surface area contributed by atoms with Crippen molar-refractivity contribution in [3.63, 3.8) is 0 Å². The van der Waals surface area contributed by atoms with E-state index in [0.29, 0.717) is 0 Å². The van der Waals surface area contributed by atoms with Gasteiger partial charge >= 0.3 is 5.97 Å². The molecule has 1 aliphatic heterocycles. The Labute approximate surface area is 118 Å². The van der Waals surface area contributed by atoms with Crippen LogP contribution in [0.1, 0.15) is 36.6 Å². The van der Waals surface area contributed by atoms with E-state index < -0.39 is 11.5 Å². The fourth-order valence-corrected chi connectivity index (χ4v) is 3.38. The van der Waals surface area contributed by atoms with E-state index in [1.807, 2.05) is 6.92 Å². The van der Waals surface area contributed by atoms with Gasteiger partial charge in [-0.25, -0.2) is 0 Å². The predicted molar refractivity (Wildman–Crippen MR) is 79.0 cm³/mol. The molecule has 1 unspecified atom stereocenters. The first kappa shape index (κ1) is 13.2. The molecule has 3 rings (SSSR count). The summed E-state index contributed by atoms with van der Waals surface area (Å²) in [6, 6.07) is 6.36. The molecular weight excluding hydrogens is 252 g/mol. The molecule has 2 heterocycles. The largest absolute Gasteiger partial charge is 0.481 e. The highest BCUT2D eigenvalue weighted by Crippen LogP contribution is 2.38. The summed E-state index contributed by atoms with van der Waals surface area (Å²) in [7, 11) is 0. The molecule has 0 saturated carbocycles. The Bertz CT molecular complexity index is 674. The van der Waals surface area contributed by atoms with Crippen LogP contribution < -0.4 is 5.32 Å². The molecule has 106 valence electrons. The Morgan fingerprint density at radius 3 is 2.95 bits per heavy atom. The summed E-state index contributed by atoms with van der Waals surface area (Å²) in [5.41, 5.74) is 4.22. The van der Waals surface area contributed by atoms with Crippen LogP contribution >= 0.6 is 0 Å². The lowest BCUT2D eigenvalue weighted by molar-refractivity contribution is -0.139. The van der Waals surface area contributed by atoms with Crippen LogP contribution in [0.4, 0.5) is 0 Å². The average Bonchev–Trinajstić information content (AvgIpc) is 2.78. The molecule has 0 bridgehead atoms. The summed E-state index contributed by atoms with van der Waals surface area (Å²) >= 11 is 0. The number of aliphatic carboxylic acids is 1. The summed E-state index contributed by atoms with van der Waals surface area (Å²) in [6.45, 7) is 4.96. The van der Waals surface area contributed by atoms with Crippen LogP contribution in [0, 0.1) is 6.92 Å². The second-order valence-corrected chi connectivity index (χ2v) is 5.71. The van der Waals surface area contributed by atoms with Gasteiger partial charge in [0.2, 0.25) is 0 Å². The van der Waals surface area contributed by atoms with Crippen molar-refractivity contribution in [3.8, 4) is 0 Å². The highest BCUT2D eigenvalue weighted by molar-refractivity contribution is 5.86. The SMILES string of the molecule is CCC1(CC(=O)O)NCCc2c1[nH]c1ccc(C)cc21. The number of carboxylic acid groups (broad SMARTS) is 1. The molecule has 1 aliphatic rings. The van der Waals surface area contributed by atoms with Gasteiger partial charge in [0.25, 0.3) is 0 Å². The van der Waals surface area contributed by atoms with Crippen LogP contribution in [0.2, 0.25) is 0 Å². The minimum atomic E-state index is -0.762. The van der Waals surface area contributed by atoms with Gasteiger partial charge in [0.1, 0.15) is 0 Å². The van der Waals surface area contributed by atoms with Gasteiger partial charge in [-0.15, -0.1) is 0 Å². The molecule has 1 atom stereocenters. The molecule has 3 N–H and O–H groups in total. The third kappa shape index (κ3) is 1.91. The number of H-pyrrole nitrogens is 1. The highest BCUT2D eigenvalue weighted by atomic mass is 16.4. The molecule has 0 fully saturated rings. The summed E-state index contributed by atoms with van der Waals surface area (Å²) in [4.78, 5) is 14.7. The highest BCUT2D eigenvalue weighted by Gasteiger charge is 2.39. The van der Waals surface area contributed by atoms with Gasteiger partial charge in [0.05, 0.1) is 12.0 Å². The molecular formula is C16H20N2O2. The van der Waals surface area contributed by atoms with E-state index in [2.05, 4.69) is 35.4 Å². The lowest BCUT2D eigenvalue weighted by Crippen LogP contribution is -2.48. The van der Waals surface area contributed by atoms with Crippen molar-refractivity contribution >= 4 is 16.9 Å². The third-order valence-electron chi connectivity index (χ3n) is 4.44. The van der Waals surface area contributed by atoms with Crippen LogP contribution in [0.5, 0.6) is 0 Å². The lowest BCUT2D eigenvalue weighted by Gasteiger charge is -2.36. The molecule has 0 aliphatic carbocycles. The number of aromatic amines is 1. The van der Waals surface area contributed by atoms with Gasteiger partial charge in [0, 0.05) is 23.1 Å². The summed E-state index contributed by atoms with van der Waals surface area (Å²) in [5, 5.41) is 13.9. The van der Waals surface area contributed by atoms with E-state index in [0.717, 1.165) is 30.6 Å². The van der Waals surface area contributed by atoms with Crippen LogP contribution in [-0.4, -0.2) is 22.6 Å². The van der Waals surface area contributed by atoms with Crippen molar-refractivity contribution in [1.29, 1.82) is 0 Å². The predicted octanol–water partition coefficient (Wildman–Crippen LogP) is 2.70. The fraction of sp³-hybridized carbons (Fsp3) is 0.438. The topological polar surface area (TPSA) is 65.1 Å². The lowest BCUT2D eigenvalue weighted by atomic mass is 9.82. The first-order valence-corrected chi connectivity index (χ1v) is 7.14. The molecule has 4 heteroatoms. The number of hydrogen-bond acceptors (Lipinski definition) is 2. The number of aromatic nitrogens is 1. The minimum Gasteiger partial charge on any atom is -0.481 e. The standard InChI is InChI=1S/C16H20N2O2/c1-3-16(9-14(19)20)15-11(6-7-17-16)12-8-10(2)4-5-13(12)18-15/h4-5,8,17-18H,3,6-7,9H2,1-2H3,(H,19,20). The quantitative estimate of drug-likeness (QED) is 0.805. The number of fused-ring (bicyclic) bond motifs is 3. The number of nitrogens with one attached hydrogen (secondary N) is 2. The van der Waals surface area contributed by atoms with E-state index in [1.165, 1.54) is 16.5 Å². The molecule has 0 spiro atoms. The zero-order chi connectivity index (χ0) is 14.3. The van der Waals surface area contributed by atoms with Crippen molar-refractivity contribution in [2.45, 2.75) is 38.6 Å². The fourth-order valence-electron chi connectivity index (χ4n) is 3.38. The zero-order valence-corrected chi connectivity index (χ0v) is 11.9. The van der Waals surface area contributed by atoms with Gasteiger partial charge in [-0.1, -0.05) is 18.6 Å². The Morgan fingerprint density at radius 2 is 2.25 bits per heavy atom. The molecule has 0 radical (unpaired) electrons. The third-order valence-corrected chi connectivity index (χ3v) is 4.44. The molecule has 1 aromatic carbocycles. The summed E-state index contributed by atoms with van der Waals surface area (Å²) in [6.07, 6.45) is 1.82. The first-order chi connectivity index (χ1) is 9.55. The van der Waals surface area contributed by atoms with Crippen molar-refractivity contribution in [2.24, 2.45) is 0 Å². The van der Waals surface area contributed by atoms with Crippen LogP contribution in [-0.2, 0) is 16.8 Å². The zero-order valence-electron chi connectivity index (χ0n) is 11.9. The van der Waals surface area contributed by atoms with Crippen molar-refractivity contribution in [2.75, 3.05) is 6.54 Å². The summed E-state index contributed by atoms with van der Waals surface area (Å²) < 4.78 is 0. The molecule has 2 aromatic rings. The maximum absolute atomic E-state index is 11.3. The Balaban J connectivity index is 2.21. The van der Waals surface area contributed by atoms with Gasteiger partial charge in [-0.3, -0.25) is 4.79 Å². The van der Waals surface area contributed by atoms with Gasteiger partial charge in [-0.2, -0.15) is 0 Å². The number of benzene rings is 1. The Morgan fingerprint density at radius 1 is 1.45 bits per heavy atom. The maximum Gasteiger partial charge on any atom is 0.305 e. The monoisotopic (exact) mass is 272 g/mol. The van der Waals surface area contributed by atoms with Crippen LogP contribution in [0.3, 0.4) is 0 Å². The Hall–Kier alpha value is -1.81. The molecule has 20 heavy (non-hydrogen) atoms. The molecule has 1 aromatic heterocycles. The minimum absolute atomic E-state index is 0.113. The molecule has 4 nitrogen and oxygen atoms in total. The molecule has 0 saturated heterocycles. The second-order valence-electron chi connectivity index (χ2n) is 5.71. The van der Waals surface area contributed by atoms with Gasteiger partial charge in [0.15, 0.2) is 0 Å². The van der Waals surface area contributed by atoms with Crippen LogP contribution in [0.25, 0.3) is 10.9 Å². The van der Waals surface area contributed by atoms with Gasteiger partial charge < -0.3 is 15.4 Å². The van der Waals surface area contributed by atoms with Crippen molar-refractivity contribution in [1.82, 2.24) is 10.3 Å². The first-order valence-electron chi connectivity index (χ1n) is 7.14. The van der Waals surface area contributed by atoms with Crippen molar-refractivity contribution in [3.05, 3.63) is 35.0 Å². The van der Waals surface area contributed by atoms with Crippen molar-refractivity contribution < 1.29 is 9.90 Å². The van der Waals surface area contributed by atoms with E-state index in [1.54, 1.807) is 0 Å². The van der Waals surface area contributed by atoms with E-state index in [-0.39, 0.29) is 6.42 Å². The van der Waals surface area contributed by atoms with Crippen LogP contribution in [0.15, 0.2) is 18.2 Å². The summed E-state index contributed by atoms with van der Waals surface area (Å²) in [5.74, 6) is -0.762. The number of rotatable bonds is 3. The number of aryl methyl sites for hydroxylation is 1. The van der Waals surface area contributed by atoms with E-state index >= 15 is 0 Å². The molecule has 0 amide bonds. The maximum atomic E-state index is 11.3. The average molecular weight is 272 g/mol.